The van der Waals surface area contributed by atoms with E-state index in [1.165, 1.54) is 12.0 Å². The van der Waals surface area contributed by atoms with Crippen LogP contribution < -0.4 is 10.1 Å². The maximum atomic E-state index is 13.3. The van der Waals surface area contributed by atoms with Crippen LogP contribution in [-0.2, 0) is 31.0 Å². The van der Waals surface area contributed by atoms with Crippen molar-refractivity contribution in [3.8, 4) is 5.75 Å². The summed E-state index contributed by atoms with van der Waals surface area (Å²) in [5, 5.41) is 3.40. The maximum Gasteiger partial charge on any atom is 0.352 e. The van der Waals surface area contributed by atoms with Crippen LogP contribution in [0.15, 0.2) is 59.9 Å². The number of hydrogen-bond donors (Lipinski definition) is 1. The second-order valence-corrected chi connectivity index (χ2v) is 12.9. The average molecular weight is 593 g/mol. The number of nitrogens with one attached hydrogen (secondary N) is 1. The van der Waals surface area contributed by atoms with Crippen molar-refractivity contribution in [1.29, 1.82) is 0 Å². The molecule has 0 aromatic heterocycles. The van der Waals surface area contributed by atoms with E-state index in [2.05, 4.69) is 69.1 Å². The van der Waals surface area contributed by atoms with Gasteiger partial charge in [-0.15, -0.1) is 0 Å². The van der Waals surface area contributed by atoms with Crippen molar-refractivity contribution in [1.82, 2.24) is 4.90 Å². The molecule has 0 radical (unpaired) electrons. The number of esters is 2. The van der Waals surface area contributed by atoms with E-state index < -0.39 is 17.7 Å². The third-order valence-corrected chi connectivity index (χ3v) is 7.50. The standard InChI is InChI=1S/C36H52N2O5/c1-8-10-12-13-14-24-38(26-27-16-18-28(19-17-27)35(3,4)5)32(31-33(39)42-36(6,7)43-34(31)40)37-29-20-22-30(23-21-29)41-25-15-11-9-2/h16-23,37H,8-15,24-26H2,1-7H3. The minimum Gasteiger partial charge on any atom is -0.494 e. The SMILES string of the molecule is CCCCCCCN(Cc1ccc(C(C)(C)C)cc1)C(Nc1ccc(OCCCCC)cc1)=C1C(=O)OC(C)(C)OC1=O. The molecule has 3 rings (SSSR count). The van der Waals surface area contributed by atoms with Crippen molar-refractivity contribution in [2.75, 3.05) is 18.5 Å². The zero-order valence-electron chi connectivity index (χ0n) is 27.4. The molecule has 1 saturated heterocycles. The van der Waals surface area contributed by atoms with Crippen molar-refractivity contribution >= 4 is 17.6 Å². The Kier molecular flexibility index (Phi) is 12.5. The average Bonchev–Trinajstić information content (AvgIpc) is 2.93. The molecule has 1 heterocycles. The van der Waals surface area contributed by atoms with E-state index in [0.717, 1.165) is 61.9 Å². The maximum absolute atomic E-state index is 13.3. The van der Waals surface area contributed by atoms with Crippen LogP contribution in [0, 0.1) is 0 Å². The van der Waals surface area contributed by atoms with E-state index in [0.29, 0.717) is 25.5 Å². The van der Waals surface area contributed by atoms with E-state index in [1.54, 1.807) is 13.8 Å². The van der Waals surface area contributed by atoms with Crippen molar-refractivity contribution in [3.05, 3.63) is 71.1 Å². The highest BCUT2D eigenvalue weighted by atomic mass is 16.7. The summed E-state index contributed by atoms with van der Waals surface area (Å²) in [6.45, 7) is 15.9. The first-order valence-electron chi connectivity index (χ1n) is 16.0. The fourth-order valence-corrected chi connectivity index (χ4v) is 4.97. The molecule has 1 N–H and O–H groups in total. The molecule has 1 aliphatic heterocycles. The number of carbonyl (C=O) groups excluding carboxylic acids is 2. The van der Waals surface area contributed by atoms with Crippen LogP contribution in [-0.4, -0.2) is 35.8 Å². The number of carbonyl (C=O) groups is 2. The van der Waals surface area contributed by atoms with Gasteiger partial charge in [0, 0.05) is 32.6 Å². The largest absolute Gasteiger partial charge is 0.494 e. The molecular formula is C36H52N2O5. The normalized spacial score (nSPS) is 14.6. The third kappa shape index (κ3) is 10.6. The minimum atomic E-state index is -1.33. The Labute approximate surface area is 259 Å². The summed E-state index contributed by atoms with van der Waals surface area (Å²) in [5.41, 5.74) is 2.97. The van der Waals surface area contributed by atoms with Gasteiger partial charge in [-0.05, 0) is 53.6 Å². The molecule has 0 amide bonds. The lowest BCUT2D eigenvalue weighted by molar-refractivity contribution is -0.222. The Morgan fingerprint density at radius 2 is 1.40 bits per heavy atom. The van der Waals surface area contributed by atoms with Gasteiger partial charge < -0.3 is 24.4 Å². The number of ether oxygens (including phenoxy) is 3. The van der Waals surface area contributed by atoms with Crippen LogP contribution in [0.1, 0.15) is 111 Å². The molecule has 0 atom stereocenters. The highest BCUT2D eigenvalue weighted by molar-refractivity contribution is 6.16. The van der Waals surface area contributed by atoms with Crippen molar-refractivity contribution < 1.29 is 23.8 Å². The molecule has 2 aromatic carbocycles. The van der Waals surface area contributed by atoms with Crippen LogP contribution in [0.25, 0.3) is 0 Å². The molecule has 0 saturated carbocycles. The Balaban J connectivity index is 1.97. The first-order valence-corrected chi connectivity index (χ1v) is 16.0. The Morgan fingerprint density at radius 3 is 1.98 bits per heavy atom. The highest BCUT2D eigenvalue weighted by Gasteiger charge is 2.42. The van der Waals surface area contributed by atoms with Crippen LogP contribution in [0.4, 0.5) is 5.69 Å². The van der Waals surface area contributed by atoms with Crippen LogP contribution >= 0.6 is 0 Å². The fraction of sp³-hybridized carbons (Fsp3) is 0.556. The van der Waals surface area contributed by atoms with Crippen molar-refractivity contribution in [2.45, 2.75) is 118 Å². The lowest BCUT2D eigenvalue weighted by Gasteiger charge is -2.34. The molecule has 1 fully saturated rings. The molecule has 43 heavy (non-hydrogen) atoms. The molecule has 2 aromatic rings. The lowest BCUT2D eigenvalue weighted by atomic mass is 9.87. The van der Waals surface area contributed by atoms with Crippen molar-refractivity contribution in [2.24, 2.45) is 0 Å². The predicted octanol–water partition coefficient (Wildman–Crippen LogP) is 8.49. The smallest absolute Gasteiger partial charge is 0.352 e. The number of benzene rings is 2. The number of rotatable bonds is 16. The second-order valence-electron chi connectivity index (χ2n) is 12.9. The van der Waals surface area contributed by atoms with Gasteiger partial charge >= 0.3 is 11.9 Å². The fourth-order valence-electron chi connectivity index (χ4n) is 4.97. The summed E-state index contributed by atoms with van der Waals surface area (Å²) in [7, 11) is 0. The van der Waals surface area contributed by atoms with E-state index in [-0.39, 0.29) is 11.0 Å². The third-order valence-electron chi connectivity index (χ3n) is 7.50. The second kappa shape index (κ2) is 15.8. The molecule has 0 bridgehead atoms. The molecule has 7 nitrogen and oxygen atoms in total. The first kappa shape index (κ1) is 34.0. The number of hydrogen-bond acceptors (Lipinski definition) is 7. The highest BCUT2D eigenvalue weighted by Crippen LogP contribution is 2.29. The number of unbranched alkanes of at least 4 members (excludes halogenated alkanes) is 6. The van der Waals surface area contributed by atoms with Gasteiger partial charge in [-0.1, -0.05) is 97.4 Å². The molecule has 0 unspecified atom stereocenters. The lowest BCUT2D eigenvalue weighted by Crippen LogP contribution is -2.44. The summed E-state index contributed by atoms with van der Waals surface area (Å²) in [6.07, 6.45) is 8.74. The van der Waals surface area contributed by atoms with Gasteiger partial charge in [-0.3, -0.25) is 0 Å². The zero-order valence-corrected chi connectivity index (χ0v) is 27.4. The van der Waals surface area contributed by atoms with Crippen molar-refractivity contribution in [3.63, 3.8) is 0 Å². The van der Waals surface area contributed by atoms with Crippen LogP contribution in [0.2, 0.25) is 0 Å². The minimum absolute atomic E-state index is 0.0421. The first-order chi connectivity index (χ1) is 20.4. The van der Waals surface area contributed by atoms with Gasteiger partial charge in [0.25, 0.3) is 5.79 Å². The number of nitrogens with zero attached hydrogens (tertiary/aromatic N) is 1. The van der Waals surface area contributed by atoms with E-state index in [9.17, 15) is 9.59 Å². The summed E-state index contributed by atoms with van der Waals surface area (Å²) in [6, 6.07) is 16.2. The van der Waals surface area contributed by atoms with Crippen LogP contribution in [0.3, 0.4) is 0 Å². The van der Waals surface area contributed by atoms with E-state index in [4.69, 9.17) is 14.2 Å². The monoisotopic (exact) mass is 592 g/mol. The molecule has 0 aliphatic carbocycles. The van der Waals surface area contributed by atoms with E-state index >= 15 is 0 Å². The molecule has 7 heteroatoms. The summed E-state index contributed by atoms with van der Waals surface area (Å²) in [5.74, 6) is -1.55. The quantitative estimate of drug-likeness (QED) is 0.0906. The Morgan fingerprint density at radius 1 is 0.814 bits per heavy atom. The molecular weight excluding hydrogens is 540 g/mol. The van der Waals surface area contributed by atoms with Gasteiger partial charge in [-0.25, -0.2) is 9.59 Å². The molecule has 236 valence electrons. The van der Waals surface area contributed by atoms with Gasteiger partial charge in [0.2, 0.25) is 0 Å². The summed E-state index contributed by atoms with van der Waals surface area (Å²) < 4.78 is 17.0. The molecule has 1 aliphatic rings. The topological polar surface area (TPSA) is 77.1 Å². The predicted molar refractivity (Wildman–Crippen MR) is 173 cm³/mol. The number of anilines is 1. The Bertz CT molecular complexity index is 1190. The van der Waals surface area contributed by atoms with Gasteiger partial charge in [0.05, 0.1) is 6.61 Å². The summed E-state index contributed by atoms with van der Waals surface area (Å²) in [4.78, 5) is 28.7. The van der Waals surface area contributed by atoms with Gasteiger partial charge in [0.1, 0.15) is 11.6 Å². The zero-order chi connectivity index (χ0) is 31.5. The van der Waals surface area contributed by atoms with E-state index in [1.807, 2.05) is 24.3 Å². The van der Waals surface area contributed by atoms with Gasteiger partial charge in [0.15, 0.2) is 5.57 Å². The molecule has 0 spiro atoms. The number of cyclic esters (lactones) is 2. The van der Waals surface area contributed by atoms with Gasteiger partial charge in [-0.2, -0.15) is 0 Å². The van der Waals surface area contributed by atoms with Crippen LogP contribution in [0.5, 0.6) is 5.75 Å². The Hall–Kier alpha value is -3.48. The summed E-state index contributed by atoms with van der Waals surface area (Å²) >= 11 is 0.